The van der Waals surface area contributed by atoms with Crippen molar-refractivity contribution >= 4 is 23.8 Å². The number of ether oxygens (including phenoxy) is 2. The van der Waals surface area contributed by atoms with E-state index in [4.69, 9.17) is 9.47 Å². The van der Waals surface area contributed by atoms with Gasteiger partial charge in [-0.3, -0.25) is 0 Å². The molecule has 0 saturated carbocycles. The van der Waals surface area contributed by atoms with Crippen LogP contribution in [0, 0.1) is 0 Å². The molecule has 0 aromatic heterocycles. The smallest absolute Gasteiger partial charge is 0.408 e. The summed E-state index contributed by atoms with van der Waals surface area (Å²) in [5.74, 6) is 0.853. The molecule has 20 heavy (non-hydrogen) atoms. The van der Waals surface area contributed by atoms with Crippen LogP contribution in [-0.4, -0.2) is 41.8 Å². The van der Waals surface area contributed by atoms with E-state index in [9.17, 15) is 9.59 Å². The van der Waals surface area contributed by atoms with Crippen LogP contribution in [0.15, 0.2) is 12.7 Å². The van der Waals surface area contributed by atoms with Crippen LogP contribution in [0.25, 0.3) is 0 Å². The van der Waals surface area contributed by atoms with Gasteiger partial charge in [-0.05, 0) is 39.9 Å². The third kappa shape index (κ3) is 9.72. The number of nitrogens with one attached hydrogen (secondary N) is 1. The van der Waals surface area contributed by atoms with E-state index in [1.54, 1.807) is 39.5 Å². The molecule has 0 heterocycles. The Balaban J connectivity index is 4.40. The summed E-state index contributed by atoms with van der Waals surface area (Å²) < 4.78 is 10.1. The summed E-state index contributed by atoms with van der Waals surface area (Å²) in [5, 5.41) is 2.55. The van der Waals surface area contributed by atoms with Gasteiger partial charge in [-0.15, -0.1) is 6.58 Å². The number of amides is 1. The molecule has 1 amide bonds. The van der Waals surface area contributed by atoms with Crippen LogP contribution in [0.3, 0.4) is 0 Å². The maximum absolute atomic E-state index is 11.8. The molecule has 116 valence electrons. The second-order valence-corrected chi connectivity index (χ2v) is 6.25. The lowest BCUT2D eigenvalue weighted by molar-refractivity contribution is -0.145. The van der Waals surface area contributed by atoms with Crippen molar-refractivity contribution in [3.05, 3.63) is 12.7 Å². The number of rotatable bonds is 8. The molecule has 0 aliphatic rings. The van der Waals surface area contributed by atoms with Crippen LogP contribution < -0.4 is 5.32 Å². The topological polar surface area (TPSA) is 64.6 Å². The second-order valence-electron chi connectivity index (χ2n) is 5.10. The summed E-state index contributed by atoms with van der Waals surface area (Å²) in [5.41, 5.74) is -0.598. The summed E-state index contributed by atoms with van der Waals surface area (Å²) in [7, 11) is 0. The molecule has 6 heteroatoms. The first kappa shape index (κ1) is 18.8. The van der Waals surface area contributed by atoms with Gasteiger partial charge in [0.25, 0.3) is 0 Å². The predicted molar refractivity (Wildman–Crippen MR) is 81.9 cm³/mol. The van der Waals surface area contributed by atoms with Crippen molar-refractivity contribution in [1.82, 2.24) is 5.32 Å². The Kier molecular flexibility index (Phi) is 9.12. The number of hydrogen-bond acceptors (Lipinski definition) is 5. The third-order valence-electron chi connectivity index (χ3n) is 2.01. The number of allylic oxidation sites excluding steroid dienone is 1. The fourth-order valence-corrected chi connectivity index (χ4v) is 2.18. The molecule has 0 aliphatic heterocycles. The van der Waals surface area contributed by atoms with Crippen LogP contribution in [-0.2, 0) is 14.3 Å². The van der Waals surface area contributed by atoms with Gasteiger partial charge in [-0.1, -0.05) is 6.08 Å². The summed E-state index contributed by atoms with van der Waals surface area (Å²) in [4.78, 5) is 23.5. The quantitative estimate of drug-likeness (QED) is 0.424. The van der Waals surface area contributed by atoms with Crippen molar-refractivity contribution in [1.29, 1.82) is 0 Å². The molecule has 0 radical (unpaired) electrons. The van der Waals surface area contributed by atoms with Crippen molar-refractivity contribution < 1.29 is 19.1 Å². The average Bonchev–Trinajstić information content (AvgIpc) is 2.31. The molecule has 0 fully saturated rings. The van der Waals surface area contributed by atoms with E-state index >= 15 is 0 Å². The van der Waals surface area contributed by atoms with Crippen LogP contribution in [0.5, 0.6) is 0 Å². The SMILES string of the molecule is C=CCCSC[C@H](NC(=O)OC(C)(C)C)C(=O)OCC. The van der Waals surface area contributed by atoms with Crippen molar-refractivity contribution in [3.8, 4) is 0 Å². The predicted octanol–water partition coefficient (Wildman–Crippen LogP) is 2.75. The monoisotopic (exact) mass is 303 g/mol. The zero-order valence-electron chi connectivity index (χ0n) is 12.7. The number of alkyl carbamates (subject to hydrolysis) is 1. The largest absolute Gasteiger partial charge is 0.464 e. The number of carbonyl (C=O) groups is 2. The molecule has 0 aromatic rings. The summed E-state index contributed by atoms with van der Waals surface area (Å²) in [6.45, 7) is 11.0. The number of thioether (sulfide) groups is 1. The number of hydrogen-bond donors (Lipinski definition) is 1. The zero-order chi connectivity index (χ0) is 15.6. The first-order valence-corrected chi connectivity index (χ1v) is 7.80. The molecule has 0 aromatic carbocycles. The molecule has 0 spiro atoms. The van der Waals surface area contributed by atoms with E-state index in [1.165, 1.54) is 0 Å². The van der Waals surface area contributed by atoms with E-state index in [-0.39, 0.29) is 6.61 Å². The molecule has 1 N–H and O–H groups in total. The van der Waals surface area contributed by atoms with E-state index in [0.29, 0.717) is 5.75 Å². The molecule has 0 aliphatic carbocycles. The van der Waals surface area contributed by atoms with Crippen LogP contribution in [0.2, 0.25) is 0 Å². The first-order chi connectivity index (χ1) is 9.30. The summed E-state index contributed by atoms with van der Waals surface area (Å²) in [6.07, 6.45) is 2.06. The van der Waals surface area contributed by atoms with Gasteiger partial charge in [-0.25, -0.2) is 9.59 Å². The Morgan fingerprint density at radius 3 is 2.55 bits per heavy atom. The Morgan fingerprint density at radius 2 is 2.05 bits per heavy atom. The average molecular weight is 303 g/mol. The highest BCUT2D eigenvalue weighted by Crippen LogP contribution is 2.10. The highest BCUT2D eigenvalue weighted by atomic mass is 32.2. The Morgan fingerprint density at radius 1 is 1.40 bits per heavy atom. The summed E-state index contributed by atoms with van der Waals surface area (Å²) >= 11 is 1.56. The Bertz CT molecular complexity index is 326. The summed E-state index contributed by atoms with van der Waals surface area (Å²) in [6, 6.07) is -0.695. The lowest BCUT2D eigenvalue weighted by Crippen LogP contribution is -2.45. The third-order valence-corrected chi connectivity index (χ3v) is 3.11. The fraction of sp³-hybridized carbons (Fsp3) is 0.714. The molecule has 5 nitrogen and oxygen atoms in total. The van der Waals surface area contributed by atoms with E-state index < -0.39 is 23.7 Å². The highest BCUT2D eigenvalue weighted by Gasteiger charge is 2.25. The zero-order valence-corrected chi connectivity index (χ0v) is 13.5. The number of esters is 1. The number of carbonyl (C=O) groups excluding carboxylic acids is 2. The van der Waals surface area contributed by atoms with Gasteiger partial charge in [0.1, 0.15) is 11.6 Å². The Labute approximate surface area is 125 Å². The standard InChI is InChI=1S/C14H25NO4S/c1-6-8-9-20-10-11(12(16)18-7-2)15-13(17)19-14(3,4)5/h6,11H,1,7-10H2,2-5H3,(H,15,17)/t11-/m0/s1. The maximum Gasteiger partial charge on any atom is 0.408 e. The maximum atomic E-state index is 11.8. The van der Waals surface area contributed by atoms with E-state index in [2.05, 4.69) is 11.9 Å². The second kappa shape index (κ2) is 9.69. The molecule has 1 atom stereocenters. The highest BCUT2D eigenvalue weighted by molar-refractivity contribution is 7.99. The lowest BCUT2D eigenvalue weighted by atomic mass is 10.2. The minimum Gasteiger partial charge on any atom is -0.464 e. The van der Waals surface area contributed by atoms with Gasteiger partial charge < -0.3 is 14.8 Å². The molecule has 0 saturated heterocycles. The minimum atomic E-state index is -0.695. The Hall–Kier alpha value is -1.17. The van der Waals surface area contributed by atoms with E-state index in [1.807, 2.05) is 6.08 Å². The van der Waals surface area contributed by atoms with Crippen molar-refractivity contribution in [2.75, 3.05) is 18.1 Å². The fourth-order valence-electron chi connectivity index (χ4n) is 1.23. The minimum absolute atomic E-state index is 0.280. The van der Waals surface area contributed by atoms with Gasteiger partial charge in [0, 0.05) is 5.75 Å². The molecule has 0 bridgehead atoms. The molecular formula is C14H25NO4S. The van der Waals surface area contributed by atoms with Crippen LogP contribution in [0.1, 0.15) is 34.1 Å². The van der Waals surface area contributed by atoms with Crippen LogP contribution in [0.4, 0.5) is 4.79 Å². The van der Waals surface area contributed by atoms with Crippen molar-refractivity contribution in [2.45, 2.75) is 45.8 Å². The van der Waals surface area contributed by atoms with E-state index in [0.717, 1.165) is 12.2 Å². The normalized spacial score (nSPS) is 12.4. The molecule has 0 rings (SSSR count). The lowest BCUT2D eigenvalue weighted by Gasteiger charge is -2.22. The molecule has 0 unspecified atom stereocenters. The van der Waals surface area contributed by atoms with Gasteiger partial charge >= 0.3 is 12.1 Å². The van der Waals surface area contributed by atoms with Crippen LogP contribution >= 0.6 is 11.8 Å². The van der Waals surface area contributed by atoms with Crippen molar-refractivity contribution in [2.24, 2.45) is 0 Å². The van der Waals surface area contributed by atoms with Gasteiger partial charge in [0.05, 0.1) is 6.61 Å². The van der Waals surface area contributed by atoms with Crippen molar-refractivity contribution in [3.63, 3.8) is 0 Å². The van der Waals surface area contributed by atoms with Gasteiger partial charge in [0.2, 0.25) is 0 Å². The molecular weight excluding hydrogens is 278 g/mol. The first-order valence-electron chi connectivity index (χ1n) is 6.65. The van der Waals surface area contributed by atoms with Gasteiger partial charge in [-0.2, -0.15) is 11.8 Å². The van der Waals surface area contributed by atoms with Gasteiger partial charge in [0.15, 0.2) is 0 Å².